The summed E-state index contributed by atoms with van der Waals surface area (Å²) in [4.78, 5) is 42.4. The fourth-order valence-corrected chi connectivity index (χ4v) is 5.44. The number of carbonyl (C=O) groups excluding carboxylic acids is 2. The van der Waals surface area contributed by atoms with Crippen LogP contribution in [-0.2, 0) is 11.3 Å². The predicted octanol–water partition coefficient (Wildman–Crippen LogP) is 2.76. The average Bonchev–Trinajstić information content (AvgIpc) is 3.54. The van der Waals surface area contributed by atoms with Crippen molar-refractivity contribution in [1.82, 2.24) is 9.47 Å². The van der Waals surface area contributed by atoms with Crippen LogP contribution in [0.4, 0.5) is 0 Å². The van der Waals surface area contributed by atoms with Crippen molar-refractivity contribution in [3.05, 3.63) is 73.1 Å². The summed E-state index contributed by atoms with van der Waals surface area (Å²) in [5, 5.41) is 0. The van der Waals surface area contributed by atoms with Gasteiger partial charge >= 0.3 is 0 Å². The number of Topliss-reactive ketones (excluding diaryl/α,β-unsaturated/α-hetero) is 1. The Labute approximate surface area is 217 Å². The van der Waals surface area contributed by atoms with E-state index in [1.54, 1.807) is 40.9 Å². The van der Waals surface area contributed by atoms with Crippen molar-refractivity contribution in [1.29, 1.82) is 0 Å². The first kappa shape index (κ1) is 25.8. The zero-order valence-electron chi connectivity index (χ0n) is 20.5. The lowest BCUT2D eigenvalue weighted by atomic mass is 10.1. The van der Waals surface area contributed by atoms with E-state index in [-0.39, 0.29) is 23.8 Å². The number of methoxy groups -OCH3 is 2. The quantitative estimate of drug-likeness (QED) is 0.333. The van der Waals surface area contributed by atoms with Crippen LogP contribution in [0.15, 0.2) is 52.2 Å². The summed E-state index contributed by atoms with van der Waals surface area (Å²) < 4.78 is 12.9. The van der Waals surface area contributed by atoms with Gasteiger partial charge in [0.1, 0.15) is 22.7 Å². The fraction of sp³-hybridized carbons (Fsp3) is 0.296. The minimum absolute atomic E-state index is 0.102. The topological polar surface area (TPSA) is 77.8 Å². The molecule has 1 aliphatic heterocycles. The molecule has 188 valence electrons. The molecule has 0 N–H and O–H groups in total. The monoisotopic (exact) mass is 524 g/mol. The van der Waals surface area contributed by atoms with Gasteiger partial charge in [0, 0.05) is 35.7 Å². The Balaban J connectivity index is 1.79. The number of aromatic nitrogens is 1. The third kappa shape index (κ3) is 5.91. The molecule has 1 saturated heterocycles. The number of ketones is 1. The van der Waals surface area contributed by atoms with Crippen molar-refractivity contribution < 1.29 is 19.1 Å². The molecule has 0 radical (unpaired) electrons. The molecule has 4 rings (SSSR count). The van der Waals surface area contributed by atoms with E-state index in [9.17, 15) is 14.4 Å². The third-order valence-electron chi connectivity index (χ3n) is 5.99. The SMILES string of the molecule is COc1cc(OC)cc(C(=O)/C=c2/s/c(=C/c3ccc(SC)cc3)c(=O)n2CC(=O)N2CCCC2)c1. The molecule has 1 amide bonds. The van der Waals surface area contributed by atoms with Crippen molar-refractivity contribution in [2.45, 2.75) is 24.3 Å². The van der Waals surface area contributed by atoms with Crippen molar-refractivity contribution in [2.24, 2.45) is 0 Å². The predicted molar refractivity (Wildman–Crippen MR) is 144 cm³/mol. The summed E-state index contributed by atoms with van der Waals surface area (Å²) in [5.74, 6) is 0.545. The standard InChI is InChI=1S/C27H28N2O5S2/c1-33-20-13-19(14-21(15-20)34-2)23(30)16-26-29(17-25(31)28-10-4-5-11-28)27(32)24(36-26)12-18-6-8-22(35-3)9-7-18/h6-9,12-16H,4-5,10-11,17H2,1-3H3/b24-12+,26-16+. The molecule has 0 atom stereocenters. The van der Waals surface area contributed by atoms with Gasteiger partial charge in [-0.2, -0.15) is 0 Å². The van der Waals surface area contributed by atoms with Gasteiger partial charge in [-0.3, -0.25) is 19.0 Å². The minimum Gasteiger partial charge on any atom is -0.497 e. The second-order valence-electron chi connectivity index (χ2n) is 8.31. The van der Waals surface area contributed by atoms with E-state index < -0.39 is 0 Å². The fourth-order valence-electron chi connectivity index (χ4n) is 3.99. The molecule has 36 heavy (non-hydrogen) atoms. The average molecular weight is 525 g/mol. The van der Waals surface area contributed by atoms with E-state index in [0.29, 0.717) is 39.3 Å². The van der Waals surface area contributed by atoms with Crippen molar-refractivity contribution >= 4 is 46.9 Å². The maximum atomic E-state index is 13.4. The number of hydrogen-bond acceptors (Lipinski definition) is 7. The summed E-state index contributed by atoms with van der Waals surface area (Å²) in [7, 11) is 3.03. The number of amides is 1. The Hall–Kier alpha value is -3.30. The molecule has 1 aliphatic rings. The number of thioether (sulfide) groups is 1. The van der Waals surface area contributed by atoms with Gasteiger partial charge in [-0.1, -0.05) is 12.1 Å². The summed E-state index contributed by atoms with van der Waals surface area (Å²) in [6.07, 6.45) is 7.13. The van der Waals surface area contributed by atoms with E-state index in [1.807, 2.05) is 30.5 Å². The Kier molecular flexibility index (Phi) is 8.32. The largest absolute Gasteiger partial charge is 0.497 e. The lowest BCUT2D eigenvalue weighted by Gasteiger charge is -2.15. The number of thiazole rings is 1. The highest BCUT2D eigenvalue weighted by Crippen LogP contribution is 2.23. The molecule has 0 bridgehead atoms. The van der Waals surface area contributed by atoms with E-state index in [1.165, 1.54) is 36.2 Å². The highest BCUT2D eigenvalue weighted by atomic mass is 32.2. The van der Waals surface area contributed by atoms with Crippen molar-refractivity contribution in [3.63, 3.8) is 0 Å². The van der Waals surface area contributed by atoms with Crippen LogP contribution in [0.3, 0.4) is 0 Å². The Bertz CT molecular complexity index is 1410. The van der Waals surface area contributed by atoms with Crippen molar-refractivity contribution in [3.8, 4) is 11.5 Å². The number of likely N-dealkylation sites (tertiary alicyclic amines) is 1. The van der Waals surface area contributed by atoms with E-state index in [0.717, 1.165) is 23.3 Å². The highest BCUT2D eigenvalue weighted by Gasteiger charge is 2.20. The molecular weight excluding hydrogens is 496 g/mol. The van der Waals surface area contributed by atoms with Crippen LogP contribution in [0.5, 0.6) is 11.5 Å². The van der Waals surface area contributed by atoms with Crippen LogP contribution >= 0.6 is 23.1 Å². The number of carbonyl (C=O) groups is 2. The number of rotatable bonds is 8. The van der Waals surface area contributed by atoms with Gasteiger partial charge in [-0.05, 0) is 55.0 Å². The molecule has 1 fully saturated rings. The van der Waals surface area contributed by atoms with Crippen LogP contribution in [0, 0.1) is 0 Å². The highest BCUT2D eigenvalue weighted by molar-refractivity contribution is 7.98. The first-order chi connectivity index (χ1) is 17.4. The Morgan fingerprint density at radius 2 is 1.67 bits per heavy atom. The molecule has 2 aromatic carbocycles. The number of nitrogens with zero attached hydrogens (tertiary/aromatic N) is 2. The summed E-state index contributed by atoms with van der Waals surface area (Å²) >= 11 is 2.84. The van der Waals surface area contributed by atoms with Gasteiger partial charge in [0.05, 0.1) is 18.8 Å². The van der Waals surface area contributed by atoms with Crippen LogP contribution in [0.25, 0.3) is 12.2 Å². The van der Waals surface area contributed by atoms with Gasteiger partial charge in [0.2, 0.25) is 5.91 Å². The molecule has 9 heteroatoms. The number of benzene rings is 2. The van der Waals surface area contributed by atoms with Crippen LogP contribution in [0.2, 0.25) is 0 Å². The summed E-state index contributed by atoms with van der Waals surface area (Å²) in [5.41, 5.74) is 0.950. The Morgan fingerprint density at radius 1 is 1.03 bits per heavy atom. The first-order valence-corrected chi connectivity index (χ1v) is 13.6. The van der Waals surface area contributed by atoms with Gasteiger partial charge < -0.3 is 14.4 Å². The molecule has 0 saturated carbocycles. The molecule has 1 aromatic heterocycles. The summed E-state index contributed by atoms with van der Waals surface area (Å²) in [6, 6.07) is 12.8. The molecule has 2 heterocycles. The van der Waals surface area contributed by atoms with Crippen LogP contribution in [0.1, 0.15) is 28.8 Å². The van der Waals surface area contributed by atoms with Gasteiger partial charge in [0.25, 0.3) is 5.56 Å². The molecular formula is C27H28N2O5S2. The second kappa shape index (κ2) is 11.6. The van der Waals surface area contributed by atoms with Crippen LogP contribution < -0.4 is 24.2 Å². The summed E-state index contributed by atoms with van der Waals surface area (Å²) in [6.45, 7) is 1.29. The molecule has 3 aromatic rings. The van der Waals surface area contributed by atoms with E-state index in [4.69, 9.17) is 9.47 Å². The number of hydrogen-bond donors (Lipinski definition) is 0. The third-order valence-corrected chi connectivity index (χ3v) is 7.80. The lowest BCUT2D eigenvalue weighted by molar-refractivity contribution is -0.130. The zero-order chi connectivity index (χ0) is 25.7. The zero-order valence-corrected chi connectivity index (χ0v) is 22.1. The van der Waals surface area contributed by atoms with E-state index in [2.05, 4.69) is 0 Å². The first-order valence-electron chi connectivity index (χ1n) is 11.5. The van der Waals surface area contributed by atoms with Gasteiger partial charge in [-0.15, -0.1) is 23.1 Å². The molecule has 0 aliphatic carbocycles. The van der Waals surface area contributed by atoms with Crippen LogP contribution in [-0.4, -0.2) is 54.7 Å². The Morgan fingerprint density at radius 3 is 2.25 bits per heavy atom. The minimum atomic E-state index is -0.313. The number of ether oxygens (including phenoxy) is 2. The normalized spacial score (nSPS) is 14.4. The smallest absolute Gasteiger partial charge is 0.269 e. The van der Waals surface area contributed by atoms with Gasteiger partial charge in [0.15, 0.2) is 5.78 Å². The molecule has 0 spiro atoms. The maximum Gasteiger partial charge on any atom is 0.269 e. The molecule has 0 unspecified atom stereocenters. The van der Waals surface area contributed by atoms with E-state index >= 15 is 0 Å². The van der Waals surface area contributed by atoms with Crippen molar-refractivity contribution in [2.75, 3.05) is 33.6 Å². The second-order valence-corrected chi connectivity index (χ2v) is 10.3. The lowest BCUT2D eigenvalue weighted by Crippen LogP contribution is -2.39. The van der Waals surface area contributed by atoms with Gasteiger partial charge in [-0.25, -0.2) is 0 Å². The maximum absolute atomic E-state index is 13.4. The molecule has 7 nitrogen and oxygen atoms in total.